The molecule has 1 N–H and O–H groups in total. The topological polar surface area (TPSA) is 88.0 Å². The molecule has 0 spiro atoms. The number of Topliss-reactive ketones (excluding diaryl/α,β-unsaturated/α-hetero) is 1. The number of rotatable bonds is 4. The van der Waals surface area contributed by atoms with E-state index < -0.39 is 23.5 Å². The number of carbonyl (C=O) groups excluding carboxylic acids is 2. The van der Waals surface area contributed by atoms with E-state index in [0.29, 0.717) is 28.4 Å². The fourth-order valence-electron chi connectivity index (χ4n) is 4.13. The molecule has 1 amide bonds. The fraction of sp³-hybridized carbons (Fsp3) is 0.125. The van der Waals surface area contributed by atoms with Crippen molar-refractivity contribution in [3.05, 3.63) is 101 Å². The fourth-order valence-corrected chi connectivity index (χ4v) is 4.13. The molecule has 8 heteroatoms. The molecule has 4 heterocycles. The van der Waals surface area contributed by atoms with Gasteiger partial charge in [-0.3, -0.25) is 14.0 Å². The van der Waals surface area contributed by atoms with Gasteiger partial charge in [-0.25, -0.2) is 9.37 Å². The maximum absolute atomic E-state index is 13.6. The van der Waals surface area contributed by atoms with Gasteiger partial charge < -0.3 is 14.4 Å². The molecule has 32 heavy (non-hydrogen) atoms. The number of pyridine rings is 1. The average molecular weight is 431 g/mol. The number of aliphatic hydroxyl groups is 1. The number of hydrogen-bond acceptors (Lipinski definition) is 5. The number of aryl methyl sites for hydroxylation is 1. The summed E-state index contributed by atoms with van der Waals surface area (Å²) >= 11 is 0. The number of ketones is 1. The molecule has 3 aromatic heterocycles. The van der Waals surface area contributed by atoms with E-state index in [1.807, 2.05) is 6.07 Å². The number of nitrogens with zero attached hydrogens (tertiary/aromatic N) is 3. The Hall–Kier alpha value is -4.20. The van der Waals surface area contributed by atoms with Crippen LogP contribution in [-0.2, 0) is 16.1 Å². The molecular formula is C24H18FN3O4. The summed E-state index contributed by atoms with van der Waals surface area (Å²) in [6.07, 6.45) is 3.19. The Bertz CT molecular complexity index is 1370. The van der Waals surface area contributed by atoms with Crippen LogP contribution in [0.1, 0.15) is 28.8 Å². The highest BCUT2D eigenvalue weighted by atomic mass is 19.1. The van der Waals surface area contributed by atoms with E-state index in [2.05, 4.69) is 4.98 Å². The number of hydrogen-bond donors (Lipinski definition) is 1. The van der Waals surface area contributed by atoms with E-state index in [1.54, 1.807) is 41.8 Å². The van der Waals surface area contributed by atoms with Crippen molar-refractivity contribution in [3.8, 4) is 0 Å². The zero-order chi connectivity index (χ0) is 22.4. The zero-order valence-electron chi connectivity index (χ0n) is 17.0. The Labute approximate surface area is 182 Å². The molecule has 1 aliphatic rings. The van der Waals surface area contributed by atoms with Gasteiger partial charge in [-0.05, 0) is 48.9 Å². The van der Waals surface area contributed by atoms with E-state index in [1.165, 1.54) is 35.4 Å². The van der Waals surface area contributed by atoms with Gasteiger partial charge >= 0.3 is 0 Å². The van der Waals surface area contributed by atoms with Gasteiger partial charge in [-0.1, -0.05) is 18.2 Å². The molecule has 1 saturated heterocycles. The molecule has 7 nitrogen and oxygen atoms in total. The zero-order valence-corrected chi connectivity index (χ0v) is 17.0. The first-order valence-corrected chi connectivity index (χ1v) is 9.96. The Morgan fingerprint density at radius 1 is 1.12 bits per heavy atom. The van der Waals surface area contributed by atoms with E-state index in [4.69, 9.17) is 4.42 Å². The lowest BCUT2D eigenvalue weighted by atomic mass is 9.96. The molecule has 1 unspecified atom stereocenters. The average Bonchev–Trinajstić information content (AvgIpc) is 3.47. The van der Waals surface area contributed by atoms with Gasteiger partial charge in [0.1, 0.15) is 22.9 Å². The molecule has 160 valence electrons. The van der Waals surface area contributed by atoms with Crippen LogP contribution in [0, 0.1) is 12.7 Å². The van der Waals surface area contributed by atoms with Crippen molar-refractivity contribution < 1.29 is 23.5 Å². The summed E-state index contributed by atoms with van der Waals surface area (Å²) in [5.74, 6) is -1.91. The largest absolute Gasteiger partial charge is 0.505 e. The summed E-state index contributed by atoms with van der Waals surface area (Å²) in [5.41, 5.74) is 1.83. The van der Waals surface area contributed by atoms with Crippen LogP contribution < -0.4 is 0 Å². The number of aromatic nitrogens is 2. The van der Waals surface area contributed by atoms with Crippen LogP contribution in [0.15, 0.2) is 77.0 Å². The van der Waals surface area contributed by atoms with Gasteiger partial charge in [-0.15, -0.1) is 0 Å². The molecule has 1 aromatic carbocycles. The summed E-state index contributed by atoms with van der Waals surface area (Å²) in [6, 6.07) is 13.3. The van der Waals surface area contributed by atoms with Gasteiger partial charge in [0.15, 0.2) is 5.76 Å². The van der Waals surface area contributed by atoms with Crippen molar-refractivity contribution >= 4 is 23.1 Å². The number of amides is 1. The SMILES string of the molecule is Cc1nc2ccccn2c1C(O)=C1C(=O)C(=O)N(Cc2ccco2)C1c1ccc(F)cc1. The van der Waals surface area contributed by atoms with E-state index in [0.717, 1.165) is 0 Å². The van der Waals surface area contributed by atoms with Crippen molar-refractivity contribution in [2.24, 2.45) is 0 Å². The van der Waals surface area contributed by atoms with Gasteiger partial charge in [-0.2, -0.15) is 0 Å². The van der Waals surface area contributed by atoms with Crippen molar-refractivity contribution in [3.63, 3.8) is 0 Å². The second-order valence-corrected chi connectivity index (χ2v) is 7.53. The Morgan fingerprint density at radius 3 is 2.62 bits per heavy atom. The predicted molar refractivity (Wildman–Crippen MR) is 113 cm³/mol. The lowest BCUT2D eigenvalue weighted by molar-refractivity contribution is -0.140. The maximum Gasteiger partial charge on any atom is 0.296 e. The summed E-state index contributed by atoms with van der Waals surface area (Å²) in [4.78, 5) is 31.9. The first kappa shape index (κ1) is 19.7. The third-order valence-corrected chi connectivity index (χ3v) is 5.56. The third kappa shape index (κ3) is 3.08. The summed E-state index contributed by atoms with van der Waals surface area (Å²) in [5, 5.41) is 11.3. The number of carbonyl (C=O) groups is 2. The van der Waals surface area contributed by atoms with Crippen LogP contribution in [0.25, 0.3) is 11.4 Å². The van der Waals surface area contributed by atoms with E-state index >= 15 is 0 Å². The smallest absolute Gasteiger partial charge is 0.296 e. The number of halogens is 1. The van der Waals surface area contributed by atoms with Crippen molar-refractivity contribution in [2.45, 2.75) is 19.5 Å². The van der Waals surface area contributed by atoms with Gasteiger partial charge in [0.2, 0.25) is 0 Å². The van der Waals surface area contributed by atoms with Gasteiger partial charge in [0.05, 0.1) is 30.1 Å². The standard InChI is InChI=1S/C24H18FN3O4/c1-14-20(27-11-3-2-6-18(27)26-14)22(29)19-21(15-7-9-16(25)10-8-15)28(24(31)23(19)30)13-17-5-4-12-32-17/h2-12,21,29H,13H2,1H3. The number of furan rings is 1. The number of benzene rings is 1. The Kier molecular flexibility index (Phi) is 4.62. The van der Waals surface area contributed by atoms with Crippen LogP contribution in [0.4, 0.5) is 4.39 Å². The monoisotopic (exact) mass is 431 g/mol. The summed E-state index contributed by atoms with van der Waals surface area (Å²) in [7, 11) is 0. The molecule has 1 aliphatic heterocycles. The first-order chi connectivity index (χ1) is 15.5. The summed E-state index contributed by atoms with van der Waals surface area (Å²) in [6.45, 7) is 1.73. The summed E-state index contributed by atoms with van der Waals surface area (Å²) < 4.78 is 20.6. The first-order valence-electron chi connectivity index (χ1n) is 9.96. The van der Waals surface area contributed by atoms with Crippen molar-refractivity contribution in [2.75, 3.05) is 0 Å². The third-order valence-electron chi connectivity index (χ3n) is 5.56. The highest BCUT2D eigenvalue weighted by Gasteiger charge is 2.46. The molecule has 5 rings (SSSR count). The minimum absolute atomic E-state index is 0.0164. The highest BCUT2D eigenvalue weighted by Crippen LogP contribution is 2.40. The minimum atomic E-state index is -0.922. The number of imidazole rings is 1. The molecule has 1 atom stereocenters. The number of likely N-dealkylation sites (tertiary alicyclic amines) is 1. The van der Waals surface area contributed by atoms with Gasteiger partial charge in [0.25, 0.3) is 11.7 Å². The molecule has 0 bridgehead atoms. The highest BCUT2D eigenvalue weighted by molar-refractivity contribution is 6.46. The maximum atomic E-state index is 13.6. The molecule has 0 radical (unpaired) electrons. The normalized spacial score (nSPS) is 18.1. The van der Waals surface area contributed by atoms with Crippen molar-refractivity contribution in [1.29, 1.82) is 0 Å². The van der Waals surface area contributed by atoms with Crippen LogP contribution in [0.2, 0.25) is 0 Å². The van der Waals surface area contributed by atoms with Crippen molar-refractivity contribution in [1.82, 2.24) is 14.3 Å². The number of aliphatic hydroxyl groups excluding tert-OH is 1. The molecular weight excluding hydrogens is 413 g/mol. The second kappa shape index (κ2) is 7.49. The van der Waals surface area contributed by atoms with Crippen LogP contribution in [0.5, 0.6) is 0 Å². The number of fused-ring (bicyclic) bond motifs is 1. The van der Waals surface area contributed by atoms with Crippen LogP contribution in [0.3, 0.4) is 0 Å². The minimum Gasteiger partial charge on any atom is -0.505 e. The Morgan fingerprint density at radius 2 is 1.91 bits per heavy atom. The lowest BCUT2D eigenvalue weighted by Crippen LogP contribution is -2.29. The van der Waals surface area contributed by atoms with Gasteiger partial charge in [0, 0.05) is 6.20 Å². The van der Waals surface area contributed by atoms with E-state index in [9.17, 15) is 19.1 Å². The van der Waals surface area contributed by atoms with E-state index in [-0.39, 0.29) is 17.9 Å². The Balaban J connectivity index is 1.72. The molecule has 4 aromatic rings. The van der Waals surface area contributed by atoms with Crippen LogP contribution in [-0.4, -0.2) is 31.1 Å². The molecule has 0 saturated carbocycles. The molecule has 1 fully saturated rings. The molecule has 0 aliphatic carbocycles. The quantitative estimate of drug-likeness (QED) is 0.300. The van der Waals surface area contributed by atoms with Crippen LogP contribution >= 0.6 is 0 Å². The predicted octanol–water partition coefficient (Wildman–Crippen LogP) is 4.00. The lowest BCUT2D eigenvalue weighted by Gasteiger charge is -2.24. The second-order valence-electron chi connectivity index (χ2n) is 7.53.